The van der Waals surface area contributed by atoms with Gasteiger partial charge in [0.1, 0.15) is 5.75 Å². The molecule has 3 rings (SSSR count). The summed E-state index contributed by atoms with van der Waals surface area (Å²) < 4.78 is 0. The van der Waals surface area contributed by atoms with Crippen LogP contribution in [0.2, 0.25) is 0 Å². The predicted octanol–water partition coefficient (Wildman–Crippen LogP) is 3.82. The van der Waals surface area contributed by atoms with E-state index < -0.39 is 0 Å². The highest BCUT2D eigenvalue weighted by Crippen LogP contribution is 2.26. The number of amides is 1. The second kappa shape index (κ2) is 5.90. The lowest BCUT2D eigenvalue weighted by atomic mass is 10.0. The quantitative estimate of drug-likeness (QED) is 0.797. The highest BCUT2D eigenvalue weighted by atomic mass is 16.3. The molecule has 0 saturated carbocycles. The van der Waals surface area contributed by atoms with E-state index in [1.165, 1.54) is 0 Å². The standard InChI is InChI=1S/C19H17NO2/c1-20(13-14-7-3-2-4-8-14)19(22)17-11-15-9-5-6-10-16(15)12-18(17)21/h2-12,21H,13H2,1H3. The van der Waals surface area contributed by atoms with Crippen LogP contribution < -0.4 is 0 Å². The first-order chi connectivity index (χ1) is 10.6. The number of phenols is 1. The van der Waals surface area contributed by atoms with Gasteiger partial charge >= 0.3 is 0 Å². The molecule has 0 saturated heterocycles. The van der Waals surface area contributed by atoms with E-state index in [-0.39, 0.29) is 11.7 Å². The minimum atomic E-state index is -0.188. The van der Waals surface area contributed by atoms with Gasteiger partial charge in [0, 0.05) is 13.6 Å². The molecule has 1 N–H and O–H groups in total. The van der Waals surface area contributed by atoms with Crippen molar-refractivity contribution >= 4 is 16.7 Å². The average Bonchev–Trinajstić information content (AvgIpc) is 2.54. The number of nitrogens with zero attached hydrogens (tertiary/aromatic N) is 1. The third-order valence-electron chi connectivity index (χ3n) is 3.70. The lowest BCUT2D eigenvalue weighted by molar-refractivity contribution is 0.0782. The summed E-state index contributed by atoms with van der Waals surface area (Å²) >= 11 is 0. The molecule has 0 radical (unpaired) electrons. The molecule has 0 spiro atoms. The number of benzene rings is 3. The Morgan fingerprint density at radius 3 is 2.23 bits per heavy atom. The molecule has 3 heteroatoms. The number of fused-ring (bicyclic) bond motifs is 1. The van der Waals surface area contributed by atoms with Crippen LogP contribution in [0.4, 0.5) is 0 Å². The van der Waals surface area contributed by atoms with Gasteiger partial charge in [-0.15, -0.1) is 0 Å². The van der Waals surface area contributed by atoms with Gasteiger partial charge < -0.3 is 10.0 Å². The fourth-order valence-electron chi connectivity index (χ4n) is 2.53. The van der Waals surface area contributed by atoms with Crippen LogP contribution in [0, 0.1) is 0 Å². The minimum Gasteiger partial charge on any atom is -0.507 e. The Labute approximate surface area is 129 Å². The van der Waals surface area contributed by atoms with Gasteiger partial charge in [-0.1, -0.05) is 54.6 Å². The molecule has 0 aliphatic rings. The van der Waals surface area contributed by atoms with Gasteiger partial charge in [-0.25, -0.2) is 0 Å². The number of carbonyl (C=O) groups excluding carboxylic acids is 1. The van der Waals surface area contributed by atoms with Gasteiger partial charge in [-0.05, 0) is 28.5 Å². The normalized spacial score (nSPS) is 10.6. The Morgan fingerprint density at radius 2 is 1.55 bits per heavy atom. The van der Waals surface area contributed by atoms with Crippen molar-refractivity contribution in [2.45, 2.75) is 6.54 Å². The van der Waals surface area contributed by atoms with Crippen LogP contribution in [0.1, 0.15) is 15.9 Å². The van der Waals surface area contributed by atoms with E-state index in [4.69, 9.17) is 0 Å². The summed E-state index contributed by atoms with van der Waals surface area (Å²) in [7, 11) is 1.74. The van der Waals surface area contributed by atoms with Crippen LogP contribution in [-0.2, 0) is 6.54 Å². The first kappa shape index (κ1) is 14.1. The van der Waals surface area contributed by atoms with Crippen molar-refractivity contribution in [3.8, 4) is 5.75 Å². The topological polar surface area (TPSA) is 40.5 Å². The summed E-state index contributed by atoms with van der Waals surface area (Å²) in [4.78, 5) is 14.2. The molecule has 0 aliphatic heterocycles. The van der Waals surface area contributed by atoms with E-state index in [1.54, 1.807) is 24.1 Å². The molecule has 3 nitrogen and oxygen atoms in total. The molecule has 1 amide bonds. The molecule has 0 bridgehead atoms. The van der Waals surface area contributed by atoms with Gasteiger partial charge in [0.2, 0.25) is 0 Å². The molecule has 0 heterocycles. The van der Waals surface area contributed by atoms with Crippen LogP contribution in [-0.4, -0.2) is 23.0 Å². The summed E-state index contributed by atoms with van der Waals surface area (Å²) in [6.45, 7) is 0.506. The van der Waals surface area contributed by atoms with E-state index in [9.17, 15) is 9.90 Å². The lowest BCUT2D eigenvalue weighted by Crippen LogP contribution is -2.26. The molecular weight excluding hydrogens is 274 g/mol. The molecule has 3 aromatic rings. The van der Waals surface area contributed by atoms with Crippen molar-refractivity contribution < 1.29 is 9.90 Å². The average molecular weight is 291 g/mol. The van der Waals surface area contributed by atoms with E-state index in [2.05, 4.69) is 0 Å². The summed E-state index contributed by atoms with van der Waals surface area (Å²) in [5.74, 6) is -0.171. The van der Waals surface area contributed by atoms with Crippen molar-refractivity contribution in [1.29, 1.82) is 0 Å². The van der Waals surface area contributed by atoms with Crippen LogP contribution in [0.15, 0.2) is 66.7 Å². The van der Waals surface area contributed by atoms with Crippen molar-refractivity contribution in [3.05, 3.63) is 77.9 Å². The van der Waals surface area contributed by atoms with Crippen molar-refractivity contribution in [1.82, 2.24) is 4.90 Å². The Kier molecular flexibility index (Phi) is 3.79. The van der Waals surface area contributed by atoms with Crippen LogP contribution in [0.3, 0.4) is 0 Å². The largest absolute Gasteiger partial charge is 0.507 e. The number of carbonyl (C=O) groups is 1. The predicted molar refractivity (Wildman–Crippen MR) is 87.9 cm³/mol. The first-order valence-electron chi connectivity index (χ1n) is 7.16. The number of rotatable bonds is 3. The van der Waals surface area contributed by atoms with Gasteiger partial charge in [0.25, 0.3) is 5.91 Å². The van der Waals surface area contributed by atoms with Crippen LogP contribution >= 0.6 is 0 Å². The second-order valence-corrected chi connectivity index (χ2v) is 5.36. The molecule has 0 atom stereocenters. The van der Waals surface area contributed by atoms with Crippen molar-refractivity contribution in [2.75, 3.05) is 7.05 Å². The summed E-state index contributed by atoms with van der Waals surface area (Å²) in [6.07, 6.45) is 0. The molecular formula is C19H17NO2. The molecule has 0 unspecified atom stereocenters. The number of phenolic OH excluding ortho intramolecular Hbond substituents is 1. The number of hydrogen-bond donors (Lipinski definition) is 1. The fraction of sp³-hybridized carbons (Fsp3) is 0.105. The minimum absolute atomic E-state index is 0.0172. The van der Waals surface area contributed by atoms with Gasteiger partial charge in [0.15, 0.2) is 0 Å². The Balaban J connectivity index is 1.89. The third kappa shape index (κ3) is 2.79. The second-order valence-electron chi connectivity index (χ2n) is 5.36. The summed E-state index contributed by atoms with van der Waals surface area (Å²) in [6, 6.07) is 20.8. The molecule has 22 heavy (non-hydrogen) atoms. The SMILES string of the molecule is CN(Cc1ccccc1)C(=O)c1cc2ccccc2cc1O. The maximum Gasteiger partial charge on any atom is 0.257 e. The summed E-state index contributed by atoms with van der Waals surface area (Å²) in [5.41, 5.74) is 1.38. The summed E-state index contributed by atoms with van der Waals surface area (Å²) in [5, 5.41) is 12.0. The van der Waals surface area contributed by atoms with Crippen LogP contribution in [0.5, 0.6) is 5.75 Å². The number of hydrogen-bond acceptors (Lipinski definition) is 2. The number of aromatic hydroxyl groups is 1. The van der Waals surface area contributed by atoms with Gasteiger partial charge in [0.05, 0.1) is 5.56 Å². The molecule has 0 fully saturated rings. The molecule has 3 aromatic carbocycles. The molecule has 0 aromatic heterocycles. The maximum atomic E-state index is 12.6. The highest BCUT2D eigenvalue weighted by molar-refractivity contribution is 6.01. The lowest BCUT2D eigenvalue weighted by Gasteiger charge is -2.18. The van der Waals surface area contributed by atoms with Crippen LogP contribution in [0.25, 0.3) is 10.8 Å². The van der Waals surface area contributed by atoms with E-state index in [0.29, 0.717) is 12.1 Å². The maximum absolute atomic E-state index is 12.6. The van der Waals surface area contributed by atoms with Crippen molar-refractivity contribution in [2.24, 2.45) is 0 Å². The first-order valence-corrected chi connectivity index (χ1v) is 7.16. The fourth-order valence-corrected chi connectivity index (χ4v) is 2.53. The van der Waals surface area contributed by atoms with Gasteiger partial charge in [-0.3, -0.25) is 4.79 Å². The van der Waals surface area contributed by atoms with E-state index in [1.807, 2.05) is 54.6 Å². The third-order valence-corrected chi connectivity index (χ3v) is 3.70. The van der Waals surface area contributed by atoms with E-state index in [0.717, 1.165) is 16.3 Å². The zero-order valence-corrected chi connectivity index (χ0v) is 12.4. The highest BCUT2D eigenvalue weighted by Gasteiger charge is 2.16. The monoisotopic (exact) mass is 291 g/mol. The van der Waals surface area contributed by atoms with E-state index >= 15 is 0 Å². The smallest absolute Gasteiger partial charge is 0.257 e. The Bertz CT molecular complexity index is 812. The zero-order valence-electron chi connectivity index (χ0n) is 12.4. The molecule has 0 aliphatic carbocycles. The Morgan fingerprint density at radius 1 is 0.955 bits per heavy atom. The Hall–Kier alpha value is -2.81. The van der Waals surface area contributed by atoms with Crippen molar-refractivity contribution in [3.63, 3.8) is 0 Å². The molecule has 110 valence electrons. The van der Waals surface area contributed by atoms with Gasteiger partial charge in [-0.2, -0.15) is 0 Å². The zero-order chi connectivity index (χ0) is 15.5.